The zero-order chi connectivity index (χ0) is 17.7. The third kappa shape index (κ3) is 4.86. The molecule has 3 nitrogen and oxygen atoms in total. The van der Waals surface area contributed by atoms with Gasteiger partial charge < -0.3 is 15.4 Å². The van der Waals surface area contributed by atoms with E-state index >= 15 is 0 Å². The summed E-state index contributed by atoms with van der Waals surface area (Å²) in [6.07, 6.45) is -4.32. The van der Waals surface area contributed by atoms with Crippen LogP contribution in [0.2, 0.25) is 0 Å². The molecule has 24 heavy (non-hydrogen) atoms. The van der Waals surface area contributed by atoms with Crippen LogP contribution in [0.25, 0.3) is 0 Å². The molecule has 0 bridgehead atoms. The number of hydrogen-bond donors (Lipinski definition) is 2. The average Bonchev–Trinajstić information content (AvgIpc) is 2.54. The van der Waals surface area contributed by atoms with Gasteiger partial charge >= 0.3 is 6.18 Å². The van der Waals surface area contributed by atoms with Crippen LogP contribution >= 0.6 is 12.2 Å². The fraction of sp³-hybridized carbons (Fsp3) is 0.235. The number of alkyl halides is 3. The van der Waals surface area contributed by atoms with Crippen molar-refractivity contribution < 1.29 is 17.9 Å². The summed E-state index contributed by atoms with van der Waals surface area (Å²) < 4.78 is 42.7. The molecule has 0 saturated carbocycles. The van der Waals surface area contributed by atoms with E-state index in [4.69, 9.17) is 17.0 Å². The van der Waals surface area contributed by atoms with E-state index in [9.17, 15) is 13.2 Å². The van der Waals surface area contributed by atoms with Crippen molar-refractivity contribution in [3.63, 3.8) is 0 Å². The molecule has 128 valence electrons. The molecule has 7 heteroatoms. The maximum atomic E-state index is 12.5. The molecular formula is C17H17F3N2OS. The Hall–Kier alpha value is -2.28. The van der Waals surface area contributed by atoms with Crippen LogP contribution in [0, 0.1) is 6.92 Å². The van der Waals surface area contributed by atoms with Gasteiger partial charge in [-0.15, -0.1) is 0 Å². The highest BCUT2D eigenvalue weighted by molar-refractivity contribution is 7.80. The summed E-state index contributed by atoms with van der Waals surface area (Å²) in [6, 6.07) is 10.5. The van der Waals surface area contributed by atoms with Gasteiger partial charge in [0.1, 0.15) is 5.75 Å². The number of aryl methyl sites for hydroxylation is 1. The largest absolute Gasteiger partial charge is 0.497 e. The molecule has 0 aliphatic carbocycles. The van der Waals surface area contributed by atoms with Crippen LogP contribution < -0.4 is 15.4 Å². The molecule has 0 aromatic heterocycles. The highest BCUT2D eigenvalue weighted by atomic mass is 32.1. The Morgan fingerprint density at radius 1 is 1.12 bits per heavy atom. The third-order valence-electron chi connectivity index (χ3n) is 3.42. The summed E-state index contributed by atoms with van der Waals surface area (Å²) in [7, 11) is 1.60. The van der Waals surface area contributed by atoms with Gasteiger partial charge in [0.05, 0.1) is 12.7 Å². The monoisotopic (exact) mass is 354 g/mol. The van der Waals surface area contributed by atoms with Crippen molar-refractivity contribution in [1.29, 1.82) is 0 Å². The summed E-state index contributed by atoms with van der Waals surface area (Å²) in [5.74, 6) is 0.752. The molecule has 2 N–H and O–H groups in total. The van der Waals surface area contributed by atoms with Crippen molar-refractivity contribution in [3.8, 4) is 5.75 Å². The minimum atomic E-state index is -4.32. The highest BCUT2D eigenvalue weighted by Crippen LogP contribution is 2.29. The normalized spacial score (nSPS) is 11.0. The Kier molecular flexibility index (Phi) is 5.66. The first-order valence-electron chi connectivity index (χ1n) is 7.15. The van der Waals surface area contributed by atoms with Crippen molar-refractivity contribution in [3.05, 3.63) is 59.2 Å². The van der Waals surface area contributed by atoms with Crippen LogP contribution in [0.15, 0.2) is 42.5 Å². The van der Waals surface area contributed by atoms with Gasteiger partial charge in [0.25, 0.3) is 0 Å². The Balaban J connectivity index is 1.91. The summed E-state index contributed by atoms with van der Waals surface area (Å²) in [4.78, 5) is 0. The molecule has 0 aliphatic heterocycles. The topological polar surface area (TPSA) is 33.3 Å². The van der Waals surface area contributed by atoms with E-state index in [0.717, 1.165) is 29.1 Å². The molecule has 2 aromatic rings. The number of rotatable bonds is 4. The van der Waals surface area contributed by atoms with Gasteiger partial charge in [0.2, 0.25) is 0 Å². The summed E-state index contributed by atoms with van der Waals surface area (Å²) in [6.45, 7) is 2.25. The molecule has 0 amide bonds. The van der Waals surface area contributed by atoms with Crippen LogP contribution in [0.4, 0.5) is 18.9 Å². The van der Waals surface area contributed by atoms with E-state index in [2.05, 4.69) is 10.6 Å². The summed E-state index contributed by atoms with van der Waals surface area (Å²) >= 11 is 5.21. The highest BCUT2D eigenvalue weighted by Gasteiger charge is 2.29. The predicted molar refractivity (Wildman–Crippen MR) is 92.2 cm³/mol. The van der Waals surface area contributed by atoms with Gasteiger partial charge in [-0.05, 0) is 60.6 Å². The van der Waals surface area contributed by atoms with Crippen molar-refractivity contribution in [2.75, 3.05) is 12.4 Å². The second kappa shape index (κ2) is 7.53. The van der Waals surface area contributed by atoms with Gasteiger partial charge in [0, 0.05) is 12.2 Å². The van der Waals surface area contributed by atoms with Crippen LogP contribution in [-0.2, 0) is 12.7 Å². The number of hydrogen-bond acceptors (Lipinski definition) is 2. The SMILES string of the molecule is COc1ccc(NC(=S)NCc2ccc(C(F)(F)F)cc2)c(C)c1. The first-order valence-corrected chi connectivity index (χ1v) is 7.56. The van der Waals surface area contributed by atoms with Gasteiger partial charge in [-0.25, -0.2) is 0 Å². The van der Waals surface area contributed by atoms with E-state index in [1.165, 1.54) is 12.1 Å². The van der Waals surface area contributed by atoms with Crippen molar-refractivity contribution >= 4 is 23.0 Å². The van der Waals surface area contributed by atoms with Crippen LogP contribution in [0.5, 0.6) is 5.75 Å². The molecule has 0 unspecified atom stereocenters. The first kappa shape index (κ1) is 18.1. The van der Waals surface area contributed by atoms with Gasteiger partial charge in [-0.1, -0.05) is 12.1 Å². The second-order valence-corrected chi connectivity index (χ2v) is 5.59. The predicted octanol–water partition coefficient (Wildman–Crippen LogP) is 4.51. The number of halogens is 3. The maximum Gasteiger partial charge on any atom is 0.416 e. The molecule has 2 aromatic carbocycles. The molecule has 0 aliphatic rings. The van der Waals surface area contributed by atoms with E-state index in [1.54, 1.807) is 7.11 Å². The van der Waals surface area contributed by atoms with Gasteiger partial charge in [-0.3, -0.25) is 0 Å². The lowest BCUT2D eigenvalue weighted by Gasteiger charge is -2.14. The van der Waals surface area contributed by atoms with E-state index < -0.39 is 11.7 Å². The quantitative estimate of drug-likeness (QED) is 0.792. The Morgan fingerprint density at radius 2 is 1.79 bits per heavy atom. The van der Waals surface area contributed by atoms with E-state index in [-0.39, 0.29) is 0 Å². The molecule has 0 fully saturated rings. The standard InChI is InChI=1S/C17H17F3N2OS/c1-11-9-14(23-2)7-8-15(11)22-16(24)21-10-12-3-5-13(6-4-12)17(18,19)20/h3-9H,10H2,1-2H3,(H2,21,22,24). The molecule has 0 heterocycles. The van der Waals surface area contributed by atoms with Crippen LogP contribution in [0.3, 0.4) is 0 Å². The second-order valence-electron chi connectivity index (χ2n) is 5.18. The Labute approximate surface area is 143 Å². The Bertz CT molecular complexity index is 715. The number of nitrogens with one attached hydrogen (secondary N) is 2. The lowest BCUT2D eigenvalue weighted by molar-refractivity contribution is -0.137. The van der Waals surface area contributed by atoms with Crippen LogP contribution in [-0.4, -0.2) is 12.2 Å². The molecule has 0 radical (unpaired) electrons. The van der Waals surface area contributed by atoms with Crippen molar-refractivity contribution in [1.82, 2.24) is 5.32 Å². The first-order chi connectivity index (χ1) is 11.3. The molecule has 0 atom stereocenters. The van der Waals surface area contributed by atoms with Gasteiger partial charge in [-0.2, -0.15) is 13.2 Å². The van der Waals surface area contributed by atoms with Crippen LogP contribution in [0.1, 0.15) is 16.7 Å². The number of thiocarbonyl (C=S) groups is 1. The summed E-state index contributed by atoms with van der Waals surface area (Å²) in [5.41, 5.74) is 1.84. The fourth-order valence-electron chi connectivity index (χ4n) is 2.06. The lowest BCUT2D eigenvalue weighted by atomic mass is 10.1. The Morgan fingerprint density at radius 3 is 2.33 bits per heavy atom. The minimum Gasteiger partial charge on any atom is -0.497 e. The maximum absolute atomic E-state index is 12.5. The third-order valence-corrected chi connectivity index (χ3v) is 3.66. The molecule has 2 rings (SSSR count). The number of benzene rings is 2. The molecule has 0 saturated heterocycles. The van der Waals surface area contributed by atoms with Crippen molar-refractivity contribution in [2.24, 2.45) is 0 Å². The summed E-state index contributed by atoms with van der Waals surface area (Å²) in [5, 5.41) is 6.41. The van der Waals surface area contributed by atoms with E-state index in [0.29, 0.717) is 17.2 Å². The zero-order valence-corrected chi connectivity index (χ0v) is 14.0. The molecular weight excluding hydrogens is 337 g/mol. The van der Waals surface area contributed by atoms with E-state index in [1.807, 2.05) is 25.1 Å². The van der Waals surface area contributed by atoms with Crippen molar-refractivity contribution in [2.45, 2.75) is 19.6 Å². The van der Waals surface area contributed by atoms with Gasteiger partial charge in [0.15, 0.2) is 5.11 Å². The average molecular weight is 354 g/mol. The zero-order valence-electron chi connectivity index (χ0n) is 13.2. The number of anilines is 1. The lowest BCUT2D eigenvalue weighted by Crippen LogP contribution is -2.28. The number of methoxy groups -OCH3 is 1. The smallest absolute Gasteiger partial charge is 0.416 e. The number of ether oxygens (including phenoxy) is 1. The molecule has 0 spiro atoms. The fourth-order valence-corrected chi connectivity index (χ4v) is 2.25. The minimum absolute atomic E-state index is 0.333.